The third-order valence-corrected chi connectivity index (χ3v) is 3.01. The normalized spacial score (nSPS) is 11.2. The molecule has 1 aromatic carbocycles. The van der Waals surface area contributed by atoms with Crippen LogP contribution in [-0.2, 0) is 0 Å². The lowest BCUT2D eigenvalue weighted by molar-refractivity contribution is 0.0692. The maximum absolute atomic E-state index is 10.5. The van der Waals surface area contributed by atoms with E-state index in [1.165, 1.54) is 0 Å². The highest BCUT2D eigenvalue weighted by atomic mass is 16.5. The summed E-state index contributed by atoms with van der Waals surface area (Å²) in [6.07, 6.45) is 2.56. The van der Waals surface area contributed by atoms with Crippen LogP contribution in [0.15, 0.2) is 24.3 Å². The highest BCUT2D eigenvalue weighted by Gasteiger charge is 2.26. The van der Waals surface area contributed by atoms with Crippen molar-refractivity contribution in [1.82, 2.24) is 0 Å². The Hall–Kier alpha value is -1.35. The Labute approximate surface area is 96.6 Å². The van der Waals surface area contributed by atoms with Crippen LogP contribution in [0.1, 0.15) is 37.0 Å². The van der Waals surface area contributed by atoms with Crippen LogP contribution in [0.3, 0.4) is 0 Å². The fourth-order valence-electron chi connectivity index (χ4n) is 1.59. The van der Waals surface area contributed by atoms with Crippen molar-refractivity contribution in [1.29, 1.82) is 0 Å². The maximum atomic E-state index is 10.5. The number of nitrogens with two attached hydrogens (primary N) is 1. The molecule has 1 rings (SSSR count). The molecule has 3 heteroatoms. The Kier molecular flexibility index (Phi) is 4.50. The van der Waals surface area contributed by atoms with Crippen molar-refractivity contribution >= 4 is 6.29 Å². The summed E-state index contributed by atoms with van der Waals surface area (Å²) in [6, 6.07) is 7.10. The van der Waals surface area contributed by atoms with Crippen molar-refractivity contribution in [2.24, 2.45) is 5.73 Å². The van der Waals surface area contributed by atoms with E-state index in [1.807, 2.05) is 0 Å². The number of rotatable bonds is 6. The van der Waals surface area contributed by atoms with E-state index in [4.69, 9.17) is 10.5 Å². The second-order valence-electron chi connectivity index (χ2n) is 3.88. The minimum absolute atomic E-state index is 0.289. The third kappa shape index (κ3) is 2.83. The number of carbonyl (C=O) groups excluding carboxylic acids is 1. The van der Waals surface area contributed by atoms with Gasteiger partial charge in [-0.2, -0.15) is 0 Å². The molecule has 0 aliphatic heterocycles. The molecule has 0 saturated heterocycles. The van der Waals surface area contributed by atoms with Crippen molar-refractivity contribution in [3.05, 3.63) is 29.8 Å². The molecule has 0 heterocycles. The number of carbonyl (C=O) groups is 1. The summed E-state index contributed by atoms with van der Waals surface area (Å²) in [5, 5.41) is 0. The summed E-state index contributed by atoms with van der Waals surface area (Å²) in [7, 11) is 0. The number of hydrogen-bond donors (Lipinski definition) is 1. The second kappa shape index (κ2) is 5.66. The predicted octanol–water partition coefficient (Wildman–Crippen LogP) is 2.40. The fraction of sp³-hybridized carbons (Fsp3) is 0.462. The lowest BCUT2D eigenvalue weighted by Crippen LogP contribution is -2.42. The van der Waals surface area contributed by atoms with Crippen LogP contribution >= 0.6 is 0 Å². The fourth-order valence-corrected chi connectivity index (χ4v) is 1.59. The zero-order valence-corrected chi connectivity index (χ0v) is 9.90. The van der Waals surface area contributed by atoms with Crippen LogP contribution < -0.4 is 10.5 Å². The average Bonchev–Trinajstić information content (AvgIpc) is 2.37. The summed E-state index contributed by atoms with van der Waals surface area (Å²) in [5.74, 6) is 0.764. The zero-order chi connectivity index (χ0) is 12.0. The van der Waals surface area contributed by atoms with E-state index in [-0.39, 0.29) is 5.60 Å². The Morgan fingerprint density at radius 3 is 2.19 bits per heavy atom. The van der Waals surface area contributed by atoms with Gasteiger partial charge in [0.1, 0.15) is 17.6 Å². The van der Waals surface area contributed by atoms with Gasteiger partial charge < -0.3 is 10.5 Å². The Balaban J connectivity index is 2.81. The van der Waals surface area contributed by atoms with E-state index in [0.29, 0.717) is 12.1 Å². The standard InChI is InChI=1S/C13H19NO2/c1-3-13(4-2,10-14)16-12-7-5-11(9-15)6-8-12/h5-9H,3-4,10,14H2,1-2H3. The largest absolute Gasteiger partial charge is 0.486 e. The minimum atomic E-state index is -0.289. The number of ether oxygens (including phenoxy) is 1. The van der Waals surface area contributed by atoms with E-state index in [1.54, 1.807) is 24.3 Å². The van der Waals surface area contributed by atoms with Gasteiger partial charge in [0.05, 0.1) is 0 Å². The van der Waals surface area contributed by atoms with Gasteiger partial charge in [0, 0.05) is 12.1 Å². The second-order valence-corrected chi connectivity index (χ2v) is 3.88. The molecule has 0 fully saturated rings. The molecule has 0 aliphatic rings. The van der Waals surface area contributed by atoms with Gasteiger partial charge in [0.2, 0.25) is 0 Å². The lowest BCUT2D eigenvalue weighted by Gasteiger charge is -2.31. The number of aldehydes is 1. The molecule has 0 amide bonds. The summed E-state index contributed by atoms with van der Waals surface area (Å²) in [5.41, 5.74) is 6.11. The first kappa shape index (κ1) is 12.7. The van der Waals surface area contributed by atoms with Gasteiger partial charge in [0.15, 0.2) is 0 Å². The lowest BCUT2D eigenvalue weighted by atomic mass is 9.97. The van der Waals surface area contributed by atoms with E-state index in [2.05, 4.69) is 13.8 Å². The molecule has 0 bridgehead atoms. The van der Waals surface area contributed by atoms with Crippen LogP contribution in [-0.4, -0.2) is 18.4 Å². The first-order valence-electron chi connectivity index (χ1n) is 5.64. The van der Waals surface area contributed by atoms with Crippen LogP contribution in [0.4, 0.5) is 0 Å². The van der Waals surface area contributed by atoms with Gasteiger partial charge in [0.25, 0.3) is 0 Å². The molecular formula is C13H19NO2. The Morgan fingerprint density at radius 2 is 1.81 bits per heavy atom. The van der Waals surface area contributed by atoms with E-state index in [0.717, 1.165) is 24.9 Å². The third-order valence-electron chi connectivity index (χ3n) is 3.01. The molecule has 0 aromatic heterocycles. The van der Waals surface area contributed by atoms with Crippen molar-refractivity contribution in [2.45, 2.75) is 32.3 Å². The first-order valence-corrected chi connectivity index (χ1v) is 5.64. The Bertz CT molecular complexity index is 320. The smallest absolute Gasteiger partial charge is 0.150 e. The van der Waals surface area contributed by atoms with Gasteiger partial charge in [-0.3, -0.25) is 4.79 Å². The van der Waals surface area contributed by atoms with Crippen molar-refractivity contribution < 1.29 is 9.53 Å². The van der Waals surface area contributed by atoms with Gasteiger partial charge in [-0.15, -0.1) is 0 Å². The molecule has 0 saturated carbocycles. The highest BCUT2D eigenvalue weighted by Crippen LogP contribution is 2.23. The topological polar surface area (TPSA) is 52.3 Å². The monoisotopic (exact) mass is 221 g/mol. The first-order chi connectivity index (χ1) is 7.69. The molecular weight excluding hydrogens is 202 g/mol. The SMILES string of the molecule is CCC(CC)(CN)Oc1ccc(C=O)cc1. The van der Waals surface area contributed by atoms with E-state index < -0.39 is 0 Å². The molecule has 0 unspecified atom stereocenters. The molecule has 2 N–H and O–H groups in total. The van der Waals surface area contributed by atoms with Crippen LogP contribution in [0, 0.1) is 0 Å². The predicted molar refractivity (Wildman–Crippen MR) is 64.8 cm³/mol. The van der Waals surface area contributed by atoms with Gasteiger partial charge in [-0.1, -0.05) is 13.8 Å². The van der Waals surface area contributed by atoms with E-state index >= 15 is 0 Å². The van der Waals surface area contributed by atoms with Gasteiger partial charge >= 0.3 is 0 Å². The zero-order valence-electron chi connectivity index (χ0n) is 9.90. The van der Waals surface area contributed by atoms with Crippen molar-refractivity contribution in [2.75, 3.05) is 6.54 Å². The summed E-state index contributed by atoms with van der Waals surface area (Å²) in [4.78, 5) is 10.5. The minimum Gasteiger partial charge on any atom is -0.486 e. The van der Waals surface area contributed by atoms with Crippen molar-refractivity contribution in [3.63, 3.8) is 0 Å². The average molecular weight is 221 g/mol. The number of benzene rings is 1. The van der Waals surface area contributed by atoms with Crippen LogP contribution in [0.5, 0.6) is 5.75 Å². The Morgan fingerprint density at radius 1 is 1.25 bits per heavy atom. The van der Waals surface area contributed by atoms with Gasteiger partial charge in [-0.05, 0) is 37.1 Å². The van der Waals surface area contributed by atoms with Crippen LogP contribution in [0.2, 0.25) is 0 Å². The summed E-state index contributed by atoms with van der Waals surface area (Å²) >= 11 is 0. The molecule has 3 nitrogen and oxygen atoms in total. The highest BCUT2D eigenvalue weighted by molar-refractivity contribution is 5.74. The van der Waals surface area contributed by atoms with E-state index in [9.17, 15) is 4.79 Å². The van der Waals surface area contributed by atoms with Crippen molar-refractivity contribution in [3.8, 4) is 5.75 Å². The molecule has 88 valence electrons. The summed E-state index contributed by atoms with van der Waals surface area (Å²) in [6.45, 7) is 4.63. The molecule has 16 heavy (non-hydrogen) atoms. The molecule has 0 aliphatic carbocycles. The maximum Gasteiger partial charge on any atom is 0.150 e. The molecule has 0 spiro atoms. The number of hydrogen-bond acceptors (Lipinski definition) is 3. The quantitative estimate of drug-likeness (QED) is 0.750. The molecule has 1 aromatic rings. The molecule has 0 atom stereocenters. The molecule has 0 radical (unpaired) electrons. The van der Waals surface area contributed by atoms with Gasteiger partial charge in [-0.25, -0.2) is 0 Å². The summed E-state index contributed by atoms with van der Waals surface area (Å²) < 4.78 is 5.91. The van der Waals surface area contributed by atoms with Crippen LogP contribution in [0.25, 0.3) is 0 Å².